The normalized spacial score (nSPS) is 18.6. The van der Waals surface area contributed by atoms with Gasteiger partial charge in [0.25, 0.3) is 5.56 Å². The smallest absolute Gasteiger partial charge is 0.339 e. The van der Waals surface area contributed by atoms with Crippen molar-refractivity contribution in [1.29, 1.82) is 0 Å². The molecule has 6 nitrogen and oxygen atoms in total. The van der Waals surface area contributed by atoms with Gasteiger partial charge in [0.2, 0.25) is 11.8 Å². The maximum Gasteiger partial charge on any atom is 0.417 e. The number of nitrogens with one attached hydrogen (secondary N) is 2. The molecule has 1 fully saturated rings. The SMILES string of the molecule is CC(C)N1C[C@H](C(=O)Nc2cc(C(F)(F)F)c[nH]c2=O)CC1=O. The highest BCUT2D eigenvalue weighted by atomic mass is 19.4. The van der Waals surface area contributed by atoms with Crippen LogP contribution in [0.2, 0.25) is 0 Å². The summed E-state index contributed by atoms with van der Waals surface area (Å²) in [5.74, 6) is -1.54. The molecule has 1 aliphatic heterocycles. The molecule has 0 radical (unpaired) electrons. The Hall–Kier alpha value is -2.32. The number of hydrogen-bond acceptors (Lipinski definition) is 3. The third kappa shape index (κ3) is 3.72. The summed E-state index contributed by atoms with van der Waals surface area (Å²) in [5, 5.41) is 2.18. The van der Waals surface area contributed by atoms with Gasteiger partial charge in [0, 0.05) is 25.2 Å². The third-order valence-corrected chi connectivity index (χ3v) is 3.64. The second kappa shape index (κ2) is 6.05. The van der Waals surface area contributed by atoms with Crippen molar-refractivity contribution in [2.24, 2.45) is 5.92 Å². The molecule has 2 N–H and O–H groups in total. The Morgan fingerprint density at radius 2 is 2.04 bits per heavy atom. The van der Waals surface area contributed by atoms with Crippen LogP contribution in [0.3, 0.4) is 0 Å². The van der Waals surface area contributed by atoms with Crippen molar-refractivity contribution in [1.82, 2.24) is 9.88 Å². The fourth-order valence-corrected chi connectivity index (χ4v) is 2.38. The first-order chi connectivity index (χ1) is 10.6. The van der Waals surface area contributed by atoms with Crippen molar-refractivity contribution in [3.05, 3.63) is 28.2 Å². The van der Waals surface area contributed by atoms with Gasteiger partial charge < -0.3 is 15.2 Å². The van der Waals surface area contributed by atoms with Crippen LogP contribution in [0, 0.1) is 5.92 Å². The van der Waals surface area contributed by atoms with E-state index in [-0.39, 0.29) is 24.9 Å². The summed E-state index contributed by atoms with van der Waals surface area (Å²) < 4.78 is 37.9. The fourth-order valence-electron chi connectivity index (χ4n) is 2.38. The van der Waals surface area contributed by atoms with E-state index in [1.807, 2.05) is 4.98 Å². The minimum atomic E-state index is -4.64. The van der Waals surface area contributed by atoms with E-state index in [0.29, 0.717) is 12.3 Å². The number of pyridine rings is 1. The van der Waals surface area contributed by atoms with Crippen LogP contribution in [0.1, 0.15) is 25.8 Å². The number of hydrogen-bond donors (Lipinski definition) is 2. The molecular weight excluding hydrogens is 315 g/mol. The van der Waals surface area contributed by atoms with Crippen molar-refractivity contribution < 1.29 is 22.8 Å². The maximum absolute atomic E-state index is 12.6. The highest BCUT2D eigenvalue weighted by Gasteiger charge is 2.36. The lowest BCUT2D eigenvalue weighted by atomic mass is 10.1. The second-order valence-electron chi connectivity index (χ2n) is 5.66. The Bertz CT molecular complexity index is 682. The van der Waals surface area contributed by atoms with Gasteiger partial charge in [0.1, 0.15) is 5.69 Å². The third-order valence-electron chi connectivity index (χ3n) is 3.64. The van der Waals surface area contributed by atoms with Gasteiger partial charge in [-0.1, -0.05) is 0 Å². The predicted molar refractivity (Wildman–Crippen MR) is 75.7 cm³/mol. The maximum atomic E-state index is 12.6. The summed E-state index contributed by atoms with van der Waals surface area (Å²) in [6.07, 6.45) is -4.13. The average Bonchev–Trinajstić information content (AvgIpc) is 2.82. The number of likely N-dealkylation sites (tertiary alicyclic amines) is 1. The fraction of sp³-hybridized carbons (Fsp3) is 0.500. The van der Waals surface area contributed by atoms with E-state index < -0.39 is 34.8 Å². The first-order valence-corrected chi connectivity index (χ1v) is 7.00. The van der Waals surface area contributed by atoms with Crippen LogP contribution in [0.15, 0.2) is 17.1 Å². The van der Waals surface area contributed by atoms with Crippen LogP contribution in [0.5, 0.6) is 0 Å². The minimum Gasteiger partial charge on any atom is -0.339 e. The quantitative estimate of drug-likeness (QED) is 0.882. The Balaban J connectivity index is 2.15. The van der Waals surface area contributed by atoms with Crippen LogP contribution in [0.4, 0.5) is 18.9 Å². The molecule has 1 aromatic rings. The first-order valence-electron chi connectivity index (χ1n) is 7.00. The number of anilines is 1. The lowest BCUT2D eigenvalue weighted by molar-refractivity contribution is -0.138. The van der Waals surface area contributed by atoms with Gasteiger partial charge in [-0.2, -0.15) is 13.2 Å². The minimum absolute atomic E-state index is 0.0269. The van der Waals surface area contributed by atoms with Crippen molar-refractivity contribution in [2.45, 2.75) is 32.5 Å². The van der Waals surface area contributed by atoms with E-state index in [4.69, 9.17) is 0 Å². The molecule has 126 valence electrons. The van der Waals surface area contributed by atoms with E-state index in [2.05, 4.69) is 5.32 Å². The van der Waals surface area contributed by atoms with Crippen LogP contribution in [0.25, 0.3) is 0 Å². The summed E-state index contributed by atoms with van der Waals surface area (Å²) in [7, 11) is 0. The molecule has 2 amide bonds. The number of amides is 2. The van der Waals surface area contributed by atoms with Crippen LogP contribution < -0.4 is 10.9 Å². The molecule has 1 atom stereocenters. The van der Waals surface area contributed by atoms with Crippen LogP contribution >= 0.6 is 0 Å². The Morgan fingerprint density at radius 1 is 1.39 bits per heavy atom. The van der Waals surface area contributed by atoms with E-state index in [1.165, 1.54) is 4.90 Å². The van der Waals surface area contributed by atoms with Crippen molar-refractivity contribution in [3.63, 3.8) is 0 Å². The number of aromatic amines is 1. The van der Waals surface area contributed by atoms with E-state index in [1.54, 1.807) is 13.8 Å². The highest BCUT2D eigenvalue weighted by Crippen LogP contribution is 2.29. The van der Waals surface area contributed by atoms with Gasteiger partial charge in [-0.3, -0.25) is 14.4 Å². The summed E-state index contributed by atoms with van der Waals surface area (Å²) in [6.45, 7) is 3.78. The lowest BCUT2D eigenvalue weighted by Gasteiger charge is -2.20. The van der Waals surface area contributed by atoms with Gasteiger partial charge in [0.15, 0.2) is 0 Å². The Kier molecular flexibility index (Phi) is 4.49. The number of alkyl halides is 3. The Morgan fingerprint density at radius 3 is 2.57 bits per heavy atom. The molecule has 0 bridgehead atoms. The van der Waals surface area contributed by atoms with E-state index in [0.717, 1.165) is 0 Å². The molecule has 23 heavy (non-hydrogen) atoms. The lowest BCUT2D eigenvalue weighted by Crippen LogP contribution is -2.34. The first kappa shape index (κ1) is 17.0. The molecule has 1 aliphatic rings. The topological polar surface area (TPSA) is 82.3 Å². The zero-order valence-electron chi connectivity index (χ0n) is 12.5. The Labute approximate surface area is 129 Å². The molecule has 0 saturated carbocycles. The van der Waals surface area contributed by atoms with E-state index >= 15 is 0 Å². The average molecular weight is 331 g/mol. The summed E-state index contributed by atoms with van der Waals surface area (Å²) in [5.41, 5.74) is -2.39. The van der Waals surface area contributed by atoms with Gasteiger partial charge in [-0.15, -0.1) is 0 Å². The van der Waals surface area contributed by atoms with E-state index in [9.17, 15) is 27.6 Å². The molecule has 1 saturated heterocycles. The summed E-state index contributed by atoms with van der Waals surface area (Å²) in [6, 6.07) is 0.505. The number of carbonyl (C=O) groups excluding carboxylic acids is 2. The van der Waals surface area contributed by atoms with Gasteiger partial charge in [-0.05, 0) is 19.9 Å². The number of aromatic nitrogens is 1. The predicted octanol–water partition coefficient (Wildman–Crippen LogP) is 1.59. The monoisotopic (exact) mass is 331 g/mol. The summed E-state index contributed by atoms with van der Waals surface area (Å²) in [4.78, 5) is 38.9. The molecule has 0 unspecified atom stereocenters. The van der Waals surface area contributed by atoms with Gasteiger partial charge >= 0.3 is 6.18 Å². The number of halogens is 3. The molecule has 0 aliphatic carbocycles. The summed E-state index contributed by atoms with van der Waals surface area (Å²) >= 11 is 0. The van der Waals surface area contributed by atoms with Gasteiger partial charge in [0.05, 0.1) is 11.5 Å². The molecule has 2 rings (SSSR count). The standard InChI is InChI=1S/C14H16F3N3O3/c1-7(2)20-6-8(3-11(20)21)12(22)19-10-4-9(14(15,16)17)5-18-13(10)23/h4-5,7-8H,3,6H2,1-2H3,(H,18,23)(H,19,22)/t8-/m1/s1. The largest absolute Gasteiger partial charge is 0.417 e. The molecule has 2 heterocycles. The number of nitrogens with zero attached hydrogens (tertiary/aromatic N) is 1. The molecule has 0 aromatic carbocycles. The second-order valence-corrected chi connectivity index (χ2v) is 5.66. The van der Waals surface area contributed by atoms with Crippen LogP contribution in [-0.4, -0.2) is 34.3 Å². The zero-order chi connectivity index (χ0) is 17.4. The number of rotatable bonds is 3. The van der Waals surface area contributed by atoms with Crippen molar-refractivity contribution >= 4 is 17.5 Å². The van der Waals surface area contributed by atoms with Crippen molar-refractivity contribution in [2.75, 3.05) is 11.9 Å². The highest BCUT2D eigenvalue weighted by molar-refractivity contribution is 5.97. The van der Waals surface area contributed by atoms with Crippen LogP contribution in [-0.2, 0) is 15.8 Å². The molecular formula is C14H16F3N3O3. The van der Waals surface area contributed by atoms with Gasteiger partial charge in [-0.25, -0.2) is 0 Å². The number of H-pyrrole nitrogens is 1. The van der Waals surface area contributed by atoms with Crippen molar-refractivity contribution in [3.8, 4) is 0 Å². The number of carbonyl (C=O) groups is 2. The molecule has 1 aromatic heterocycles. The molecule has 9 heteroatoms. The zero-order valence-corrected chi connectivity index (χ0v) is 12.5. The molecule has 0 spiro atoms.